The van der Waals surface area contributed by atoms with Crippen LogP contribution in [0.1, 0.15) is 6.42 Å². The Hall–Kier alpha value is -4.37. The van der Waals surface area contributed by atoms with Gasteiger partial charge < -0.3 is 54.4 Å². The van der Waals surface area contributed by atoms with Gasteiger partial charge in [0, 0.05) is 23.8 Å². The third-order valence-corrected chi connectivity index (χ3v) is 5.73. The van der Waals surface area contributed by atoms with Crippen LogP contribution in [0.25, 0.3) is 22.1 Å². The van der Waals surface area contributed by atoms with Crippen LogP contribution in [-0.4, -0.2) is 85.0 Å². The molecule has 14 heteroatoms. The summed E-state index contributed by atoms with van der Waals surface area (Å²) >= 11 is 0. The van der Waals surface area contributed by atoms with Gasteiger partial charge in [-0.3, -0.25) is 14.4 Å². The maximum atomic E-state index is 13.0. The lowest BCUT2D eigenvalue weighted by atomic mass is 9.99. The zero-order chi connectivity index (χ0) is 27.7. The molecule has 2 heterocycles. The number of phenolic OH excluding ortho intramolecular Hbond substituents is 3. The number of rotatable bonds is 7. The lowest BCUT2D eigenvalue weighted by molar-refractivity contribution is -0.278. The number of aliphatic carboxylic acids is 1. The van der Waals surface area contributed by atoms with E-state index in [-0.39, 0.29) is 33.6 Å². The van der Waals surface area contributed by atoms with Crippen LogP contribution in [0.3, 0.4) is 0 Å². The molecule has 0 amide bonds. The second-order valence-corrected chi connectivity index (χ2v) is 8.38. The first-order valence-corrected chi connectivity index (χ1v) is 11.0. The number of ether oxygens (including phenoxy) is 3. The van der Waals surface area contributed by atoms with Crippen molar-refractivity contribution in [1.82, 2.24) is 0 Å². The van der Waals surface area contributed by atoms with Gasteiger partial charge in [-0.15, -0.1) is 0 Å². The number of aliphatic hydroxyl groups excluding tert-OH is 3. The number of carboxylic acid groups (broad SMARTS) is 1. The zero-order valence-corrected chi connectivity index (χ0v) is 19.3. The van der Waals surface area contributed by atoms with Gasteiger partial charge in [-0.2, -0.15) is 0 Å². The van der Waals surface area contributed by atoms with Crippen molar-refractivity contribution in [3.63, 3.8) is 0 Å². The average Bonchev–Trinajstić information content (AvgIpc) is 2.84. The van der Waals surface area contributed by atoms with Crippen molar-refractivity contribution in [3.05, 3.63) is 46.8 Å². The van der Waals surface area contributed by atoms with E-state index in [0.717, 1.165) is 18.4 Å². The summed E-state index contributed by atoms with van der Waals surface area (Å²) in [5, 5.41) is 69.0. The van der Waals surface area contributed by atoms with Gasteiger partial charge in [0.25, 0.3) is 0 Å². The maximum Gasteiger partial charge on any atom is 0.317 e. The summed E-state index contributed by atoms with van der Waals surface area (Å²) in [5.74, 6) is -3.98. The van der Waals surface area contributed by atoms with E-state index >= 15 is 0 Å². The second-order valence-electron chi connectivity index (χ2n) is 8.38. The van der Waals surface area contributed by atoms with Gasteiger partial charge in [-0.05, 0) is 12.1 Å². The first kappa shape index (κ1) is 26.7. The van der Waals surface area contributed by atoms with Crippen LogP contribution in [-0.2, 0) is 19.1 Å². The highest BCUT2D eigenvalue weighted by Gasteiger charge is 2.45. The average molecular weight is 534 g/mol. The molecule has 4 rings (SSSR count). The summed E-state index contributed by atoms with van der Waals surface area (Å²) in [5.41, 5.74) is -0.939. The first-order chi connectivity index (χ1) is 18.0. The fourth-order valence-electron chi connectivity index (χ4n) is 3.84. The van der Waals surface area contributed by atoms with Crippen molar-refractivity contribution in [1.29, 1.82) is 0 Å². The van der Waals surface area contributed by atoms with Crippen molar-refractivity contribution in [2.45, 2.75) is 37.1 Å². The van der Waals surface area contributed by atoms with Crippen molar-refractivity contribution < 1.29 is 64.0 Å². The molecule has 38 heavy (non-hydrogen) atoms. The molecule has 1 aliphatic heterocycles. The summed E-state index contributed by atoms with van der Waals surface area (Å²) in [6.07, 6.45) is -8.33. The molecule has 7 N–H and O–H groups in total. The molecular formula is C24H22O14. The number of aliphatic hydroxyl groups is 3. The molecule has 0 unspecified atom stereocenters. The number of phenols is 3. The van der Waals surface area contributed by atoms with Gasteiger partial charge in [0.1, 0.15) is 77.7 Å². The number of esters is 1. The van der Waals surface area contributed by atoms with Gasteiger partial charge in [0.05, 0.1) is 5.56 Å². The second kappa shape index (κ2) is 10.5. The largest absolute Gasteiger partial charge is 0.508 e. The van der Waals surface area contributed by atoms with Crippen molar-refractivity contribution in [3.8, 4) is 34.1 Å². The van der Waals surface area contributed by atoms with E-state index in [0.29, 0.717) is 0 Å². The summed E-state index contributed by atoms with van der Waals surface area (Å²) in [6, 6.07) is 5.73. The van der Waals surface area contributed by atoms with Crippen LogP contribution in [0.4, 0.5) is 0 Å². The highest BCUT2D eigenvalue weighted by atomic mass is 16.7. The van der Waals surface area contributed by atoms with Crippen LogP contribution in [0, 0.1) is 0 Å². The number of carboxylic acids is 1. The van der Waals surface area contributed by atoms with Crippen LogP contribution < -0.4 is 10.2 Å². The smallest absolute Gasteiger partial charge is 0.317 e. The third-order valence-electron chi connectivity index (χ3n) is 5.73. The molecule has 0 saturated carbocycles. The standard InChI is InChI=1S/C24H22O14/c25-9-1-2-11(13(26)3-9)12-7-35-15-5-10(4-14(27)19(15)20(12)31)37-24-23(34)22(33)21(32)16(38-24)8-36-18(30)6-17(28)29/h1-5,7,16,21-27,32-34H,6,8H2,(H,28,29)/t16-,21-,22+,23-,24-/m1/s1. The number of carbonyl (C=O) groups is 2. The Morgan fingerprint density at radius 2 is 1.66 bits per heavy atom. The molecule has 0 radical (unpaired) electrons. The topological polar surface area (TPSA) is 234 Å². The minimum absolute atomic E-state index is 0.0412. The number of carbonyl (C=O) groups excluding carboxylic acids is 1. The highest BCUT2D eigenvalue weighted by molar-refractivity contribution is 5.90. The van der Waals surface area contributed by atoms with E-state index in [2.05, 4.69) is 0 Å². The summed E-state index contributed by atoms with van der Waals surface area (Å²) in [4.78, 5) is 35.1. The predicted molar refractivity (Wildman–Crippen MR) is 123 cm³/mol. The third kappa shape index (κ3) is 5.33. The van der Waals surface area contributed by atoms with E-state index in [4.69, 9.17) is 23.7 Å². The van der Waals surface area contributed by atoms with Crippen molar-refractivity contribution in [2.75, 3.05) is 6.61 Å². The van der Waals surface area contributed by atoms with Crippen LogP contribution in [0.15, 0.2) is 45.8 Å². The van der Waals surface area contributed by atoms with Gasteiger partial charge in [-0.1, -0.05) is 0 Å². The Balaban J connectivity index is 1.58. The minimum atomic E-state index is -1.82. The monoisotopic (exact) mass is 534 g/mol. The van der Waals surface area contributed by atoms with E-state index < -0.39 is 72.6 Å². The number of aromatic hydroxyl groups is 3. The molecule has 202 valence electrons. The molecule has 0 aliphatic carbocycles. The lowest BCUT2D eigenvalue weighted by Gasteiger charge is -2.39. The maximum absolute atomic E-state index is 13.0. The van der Waals surface area contributed by atoms with Crippen LogP contribution in [0.2, 0.25) is 0 Å². The highest BCUT2D eigenvalue weighted by Crippen LogP contribution is 2.35. The molecule has 1 aromatic heterocycles. The Labute approximate surface area is 212 Å². The number of hydrogen-bond acceptors (Lipinski definition) is 13. The van der Waals surface area contributed by atoms with E-state index in [9.17, 15) is 45.0 Å². The van der Waals surface area contributed by atoms with Crippen molar-refractivity contribution in [2.24, 2.45) is 0 Å². The Bertz CT molecular complexity index is 1430. The number of hydrogen-bond donors (Lipinski definition) is 7. The van der Waals surface area contributed by atoms with E-state index in [1.165, 1.54) is 18.2 Å². The van der Waals surface area contributed by atoms with Gasteiger partial charge >= 0.3 is 11.9 Å². The SMILES string of the molecule is O=C(O)CC(=O)OC[C@H]1O[C@@H](Oc2cc(O)c3c(=O)c(-c4ccc(O)cc4O)coc3c2)[C@H](O)[C@@H](O)[C@@H]1O. The molecule has 1 saturated heterocycles. The zero-order valence-electron chi connectivity index (χ0n) is 19.3. The summed E-state index contributed by atoms with van der Waals surface area (Å²) < 4.78 is 21.1. The number of benzene rings is 2. The van der Waals surface area contributed by atoms with Crippen molar-refractivity contribution >= 4 is 22.9 Å². The first-order valence-electron chi connectivity index (χ1n) is 11.0. The van der Waals surface area contributed by atoms with Crippen LogP contribution in [0.5, 0.6) is 23.0 Å². The van der Waals surface area contributed by atoms with E-state index in [1.807, 2.05) is 0 Å². The molecule has 0 bridgehead atoms. The molecule has 1 aliphatic rings. The minimum Gasteiger partial charge on any atom is -0.508 e. The molecule has 1 fully saturated rings. The van der Waals surface area contributed by atoms with Gasteiger partial charge in [0.2, 0.25) is 11.7 Å². The fraction of sp³-hybridized carbons (Fsp3) is 0.292. The predicted octanol–water partition coefficient (Wildman–Crippen LogP) is -0.219. The summed E-state index contributed by atoms with van der Waals surface area (Å²) in [6.45, 7) is -0.665. The molecule has 5 atom stereocenters. The molecule has 2 aromatic carbocycles. The van der Waals surface area contributed by atoms with Crippen LogP contribution >= 0.6 is 0 Å². The van der Waals surface area contributed by atoms with E-state index in [1.54, 1.807) is 0 Å². The lowest BCUT2D eigenvalue weighted by Crippen LogP contribution is -2.60. The quantitative estimate of drug-likeness (QED) is 0.153. The Kier molecular flexibility index (Phi) is 7.41. The number of fused-ring (bicyclic) bond motifs is 1. The molecular weight excluding hydrogens is 512 g/mol. The summed E-state index contributed by atoms with van der Waals surface area (Å²) in [7, 11) is 0. The van der Waals surface area contributed by atoms with Gasteiger partial charge in [-0.25, -0.2) is 0 Å². The Morgan fingerprint density at radius 3 is 2.34 bits per heavy atom. The normalized spacial score (nSPS) is 23.2. The molecule has 3 aromatic rings. The fourth-order valence-corrected chi connectivity index (χ4v) is 3.84. The van der Waals surface area contributed by atoms with Gasteiger partial charge in [0.15, 0.2) is 0 Å². The molecule has 0 spiro atoms. The Morgan fingerprint density at radius 1 is 0.921 bits per heavy atom. The molecule has 14 nitrogen and oxygen atoms in total.